The molecule has 0 fully saturated rings. The van der Waals surface area contributed by atoms with E-state index in [1.807, 2.05) is 0 Å². The Morgan fingerprint density at radius 2 is 2.30 bits per heavy atom. The quantitative estimate of drug-likeness (QED) is 0.543. The summed E-state index contributed by atoms with van der Waals surface area (Å²) in [7, 11) is 0. The van der Waals surface area contributed by atoms with E-state index in [1.54, 1.807) is 6.19 Å². The summed E-state index contributed by atoms with van der Waals surface area (Å²) in [6.45, 7) is 0. The molecule has 50 valence electrons. The van der Waals surface area contributed by atoms with Crippen LogP contribution < -0.4 is 5.32 Å². The molecule has 0 unspecified atom stereocenters. The lowest BCUT2D eigenvalue weighted by atomic mass is 10.7. The van der Waals surface area contributed by atoms with Gasteiger partial charge in [-0.3, -0.25) is 5.32 Å². The summed E-state index contributed by atoms with van der Waals surface area (Å²) < 4.78 is 0.649. The third-order valence-electron chi connectivity index (χ3n) is 0.804. The van der Waals surface area contributed by atoms with Crippen molar-refractivity contribution in [3.05, 3.63) is 17.0 Å². The Labute approximate surface area is 66.0 Å². The number of nitrogens with one attached hydrogen (secondary N) is 1. The SMILES string of the molecule is N#CNc1cnc(Br)cn1. The summed E-state index contributed by atoms with van der Waals surface area (Å²) in [5.41, 5.74) is 0. The molecule has 10 heavy (non-hydrogen) atoms. The van der Waals surface area contributed by atoms with Gasteiger partial charge in [-0.25, -0.2) is 9.97 Å². The topological polar surface area (TPSA) is 61.6 Å². The molecule has 0 aliphatic rings. The smallest absolute Gasteiger partial charge is 0.182 e. The number of nitriles is 1. The van der Waals surface area contributed by atoms with Crippen LogP contribution in [0.15, 0.2) is 17.0 Å². The highest BCUT2D eigenvalue weighted by atomic mass is 79.9. The standard InChI is InChI=1S/C5H3BrN4/c6-4-1-9-5(2-8-4)10-3-7/h1-2H,(H,9,10). The second-order valence-electron chi connectivity index (χ2n) is 1.46. The lowest BCUT2D eigenvalue weighted by Gasteiger charge is -1.92. The summed E-state index contributed by atoms with van der Waals surface area (Å²) in [6, 6.07) is 0. The number of anilines is 1. The van der Waals surface area contributed by atoms with Gasteiger partial charge in [0.15, 0.2) is 12.0 Å². The third kappa shape index (κ3) is 1.67. The van der Waals surface area contributed by atoms with Crippen LogP contribution in [0.1, 0.15) is 0 Å². The van der Waals surface area contributed by atoms with Gasteiger partial charge in [0.2, 0.25) is 0 Å². The van der Waals surface area contributed by atoms with Crippen molar-refractivity contribution in [3.63, 3.8) is 0 Å². The van der Waals surface area contributed by atoms with E-state index in [2.05, 4.69) is 31.2 Å². The normalized spacial score (nSPS) is 8.40. The summed E-state index contributed by atoms with van der Waals surface area (Å²) in [5.74, 6) is 0.450. The Balaban J connectivity index is 2.81. The summed E-state index contributed by atoms with van der Waals surface area (Å²) in [6.07, 6.45) is 4.71. The van der Waals surface area contributed by atoms with Crippen LogP contribution in [-0.2, 0) is 0 Å². The van der Waals surface area contributed by atoms with Crippen LogP contribution in [0.4, 0.5) is 5.82 Å². The van der Waals surface area contributed by atoms with Gasteiger partial charge in [-0.05, 0) is 15.9 Å². The first-order chi connectivity index (χ1) is 4.83. The molecule has 0 spiro atoms. The molecule has 0 saturated carbocycles. The van der Waals surface area contributed by atoms with Gasteiger partial charge in [0.05, 0.1) is 12.4 Å². The maximum atomic E-state index is 8.15. The first kappa shape index (κ1) is 6.96. The largest absolute Gasteiger partial charge is 0.276 e. The molecule has 1 aromatic rings. The zero-order chi connectivity index (χ0) is 7.40. The maximum absolute atomic E-state index is 8.15. The molecule has 0 atom stereocenters. The van der Waals surface area contributed by atoms with E-state index in [0.717, 1.165) is 0 Å². The molecule has 0 saturated heterocycles. The minimum Gasteiger partial charge on any atom is -0.276 e. The van der Waals surface area contributed by atoms with Gasteiger partial charge < -0.3 is 0 Å². The Morgan fingerprint density at radius 3 is 2.80 bits per heavy atom. The second kappa shape index (κ2) is 3.13. The average Bonchev–Trinajstić information content (AvgIpc) is 1.95. The lowest BCUT2D eigenvalue weighted by molar-refractivity contribution is 1.16. The van der Waals surface area contributed by atoms with E-state index < -0.39 is 0 Å². The Morgan fingerprint density at radius 1 is 1.50 bits per heavy atom. The highest BCUT2D eigenvalue weighted by molar-refractivity contribution is 9.10. The van der Waals surface area contributed by atoms with Crippen LogP contribution in [0.25, 0.3) is 0 Å². The van der Waals surface area contributed by atoms with Gasteiger partial charge in [0, 0.05) is 0 Å². The predicted octanol–water partition coefficient (Wildman–Crippen LogP) is 1.13. The summed E-state index contributed by atoms with van der Waals surface area (Å²) >= 11 is 3.11. The van der Waals surface area contributed by atoms with Gasteiger partial charge in [-0.2, -0.15) is 5.26 Å². The third-order valence-corrected chi connectivity index (χ3v) is 1.21. The van der Waals surface area contributed by atoms with Crippen molar-refractivity contribution in [1.29, 1.82) is 5.26 Å². The van der Waals surface area contributed by atoms with Gasteiger partial charge >= 0.3 is 0 Å². The van der Waals surface area contributed by atoms with E-state index in [1.165, 1.54) is 12.4 Å². The van der Waals surface area contributed by atoms with Gasteiger partial charge in [-0.15, -0.1) is 0 Å². The van der Waals surface area contributed by atoms with E-state index in [0.29, 0.717) is 10.4 Å². The van der Waals surface area contributed by atoms with Crippen molar-refractivity contribution in [3.8, 4) is 6.19 Å². The van der Waals surface area contributed by atoms with Crippen molar-refractivity contribution >= 4 is 21.7 Å². The van der Waals surface area contributed by atoms with E-state index >= 15 is 0 Å². The first-order valence-electron chi connectivity index (χ1n) is 2.45. The first-order valence-corrected chi connectivity index (χ1v) is 3.25. The monoisotopic (exact) mass is 198 g/mol. The number of nitrogens with zero attached hydrogens (tertiary/aromatic N) is 3. The molecule has 1 rings (SSSR count). The van der Waals surface area contributed by atoms with Crippen LogP contribution in [-0.4, -0.2) is 9.97 Å². The Kier molecular flexibility index (Phi) is 2.18. The molecule has 0 radical (unpaired) electrons. The van der Waals surface area contributed by atoms with Crippen molar-refractivity contribution in [2.75, 3.05) is 5.32 Å². The fourth-order valence-electron chi connectivity index (χ4n) is 0.434. The van der Waals surface area contributed by atoms with Crippen LogP contribution >= 0.6 is 15.9 Å². The predicted molar refractivity (Wildman–Crippen MR) is 39.0 cm³/mol. The second-order valence-corrected chi connectivity index (χ2v) is 2.27. The van der Waals surface area contributed by atoms with Crippen LogP contribution in [0.2, 0.25) is 0 Å². The highest BCUT2D eigenvalue weighted by Crippen LogP contribution is 2.04. The van der Waals surface area contributed by atoms with Crippen molar-refractivity contribution in [2.45, 2.75) is 0 Å². The molecule has 0 bridgehead atoms. The molecule has 1 aromatic heterocycles. The minimum absolute atomic E-state index is 0.450. The molecule has 0 aliphatic heterocycles. The molecular weight excluding hydrogens is 196 g/mol. The fourth-order valence-corrected chi connectivity index (χ4v) is 0.639. The molecule has 0 aliphatic carbocycles. The average molecular weight is 199 g/mol. The number of aromatic nitrogens is 2. The lowest BCUT2D eigenvalue weighted by Crippen LogP contribution is -1.91. The van der Waals surface area contributed by atoms with Gasteiger partial charge in [0.25, 0.3) is 0 Å². The minimum atomic E-state index is 0.450. The molecule has 0 aromatic carbocycles. The van der Waals surface area contributed by atoms with Crippen LogP contribution in [0.3, 0.4) is 0 Å². The Bertz CT molecular complexity index is 249. The van der Waals surface area contributed by atoms with E-state index in [-0.39, 0.29) is 0 Å². The fraction of sp³-hybridized carbons (Fsp3) is 0. The molecule has 5 heteroatoms. The zero-order valence-corrected chi connectivity index (χ0v) is 6.46. The number of halogens is 1. The highest BCUT2D eigenvalue weighted by Gasteiger charge is 1.90. The summed E-state index contributed by atoms with van der Waals surface area (Å²) in [4.78, 5) is 7.66. The molecule has 0 amide bonds. The number of hydrogen-bond donors (Lipinski definition) is 1. The maximum Gasteiger partial charge on any atom is 0.182 e. The van der Waals surface area contributed by atoms with Gasteiger partial charge in [0.1, 0.15) is 4.60 Å². The van der Waals surface area contributed by atoms with Crippen LogP contribution in [0, 0.1) is 11.5 Å². The molecule has 1 heterocycles. The number of hydrogen-bond acceptors (Lipinski definition) is 4. The zero-order valence-electron chi connectivity index (χ0n) is 4.87. The Hall–Kier alpha value is -1.15. The number of rotatable bonds is 1. The van der Waals surface area contributed by atoms with E-state index in [4.69, 9.17) is 5.26 Å². The molecular formula is C5H3BrN4. The van der Waals surface area contributed by atoms with Gasteiger partial charge in [-0.1, -0.05) is 0 Å². The van der Waals surface area contributed by atoms with Crippen molar-refractivity contribution in [1.82, 2.24) is 9.97 Å². The van der Waals surface area contributed by atoms with Crippen LogP contribution in [0.5, 0.6) is 0 Å². The summed E-state index contributed by atoms with van der Waals surface area (Å²) in [5, 5.41) is 10.5. The molecule has 1 N–H and O–H groups in total. The van der Waals surface area contributed by atoms with Crippen molar-refractivity contribution < 1.29 is 0 Å². The van der Waals surface area contributed by atoms with Crippen molar-refractivity contribution in [2.24, 2.45) is 0 Å². The molecule has 4 nitrogen and oxygen atoms in total. The van der Waals surface area contributed by atoms with E-state index in [9.17, 15) is 0 Å².